The van der Waals surface area contributed by atoms with Gasteiger partial charge < -0.3 is 4.74 Å². The van der Waals surface area contributed by atoms with Crippen LogP contribution in [0.3, 0.4) is 0 Å². The molecule has 0 bridgehead atoms. The van der Waals surface area contributed by atoms with Crippen LogP contribution in [0.1, 0.15) is 19.4 Å². The van der Waals surface area contributed by atoms with Gasteiger partial charge in [-0.15, -0.1) is 0 Å². The highest BCUT2D eigenvalue weighted by Gasteiger charge is 2.36. The number of aldehydes is 1. The molecule has 122 valence electrons. The van der Waals surface area contributed by atoms with E-state index in [-0.39, 0.29) is 16.8 Å². The van der Waals surface area contributed by atoms with Crippen LogP contribution in [-0.2, 0) is 4.79 Å². The van der Waals surface area contributed by atoms with Gasteiger partial charge in [-0.1, -0.05) is 6.07 Å². The zero-order valence-corrected chi connectivity index (χ0v) is 13.1. The number of nitrogens with zero attached hydrogens (tertiary/aromatic N) is 2. The molecule has 0 aliphatic carbocycles. The van der Waals surface area contributed by atoms with Gasteiger partial charge in [0.25, 0.3) is 11.2 Å². The van der Waals surface area contributed by atoms with Crippen LogP contribution >= 0.6 is 0 Å². The average Bonchev–Trinajstić information content (AvgIpc) is 2.53. The van der Waals surface area contributed by atoms with E-state index in [1.54, 1.807) is 26.0 Å². The third-order valence-electron chi connectivity index (χ3n) is 3.88. The van der Waals surface area contributed by atoms with Gasteiger partial charge in [0, 0.05) is 30.0 Å². The molecule has 0 unspecified atom stereocenters. The molecule has 0 amide bonds. The molecule has 1 aromatic carbocycles. The van der Waals surface area contributed by atoms with E-state index < -0.39 is 10.5 Å². The quantitative estimate of drug-likeness (QED) is 0.490. The van der Waals surface area contributed by atoms with Gasteiger partial charge in [0.05, 0.1) is 16.2 Å². The molecule has 1 aliphatic heterocycles. The van der Waals surface area contributed by atoms with E-state index in [0.29, 0.717) is 23.3 Å². The van der Waals surface area contributed by atoms with Crippen molar-refractivity contribution in [3.8, 4) is 5.75 Å². The number of aromatic nitrogens is 1. The molecule has 0 N–H and O–H groups in total. The molecular formula is C17H14N2O5. The van der Waals surface area contributed by atoms with Gasteiger partial charge in [0.2, 0.25) is 0 Å². The lowest BCUT2D eigenvalue weighted by atomic mass is 9.90. The molecule has 0 atom stereocenters. The van der Waals surface area contributed by atoms with Crippen LogP contribution < -0.4 is 10.3 Å². The topological polar surface area (TPSA) is 91.4 Å². The first-order valence-corrected chi connectivity index (χ1v) is 7.21. The third kappa shape index (κ3) is 2.40. The lowest BCUT2D eigenvalue weighted by Gasteiger charge is -2.34. The van der Waals surface area contributed by atoms with Gasteiger partial charge in [-0.25, -0.2) is 0 Å². The number of benzene rings is 1. The zero-order chi connectivity index (χ0) is 17.5. The maximum absolute atomic E-state index is 12.3. The highest BCUT2D eigenvalue weighted by atomic mass is 16.6. The Morgan fingerprint density at radius 3 is 2.62 bits per heavy atom. The Morgan fingerprint density at radius 2 is 2.00 bits per heavy atom. The maximum Gasteiger partial charge on any atom is 0.270 e. The van der Waals surface area contributed by atoms with Crippen molar-refractivity contribution in [3.05, 3.63) is 74.2 Å². The Balaban J connectivity index is 2.41. The molecule has 0 radical (unpaired) electrons. The lowest BCUT2D eigenvalue weighted by Crippen LogP contribution is -2.38. The lowest BCUT2D eigenvalue weighted by molar-refractivity contribution is -0.384. The Kier molecular flexibility index (Phi) is 3.56. The number of carbonyl (C=O) groups excluding carboxylic acids is 1. The SMILES string of the molecule is CC1(C)Oc2ccc([N+](=O)[O-])cc2C(n2ccccc2=O)=C1C=O. The summed E-state index contributed by atoms with van der Waals surface area (Å²) < 4.78 is 7.12. The summed E-state index contributed by atoms with van der Waals surface area (Å²) in [5.74, 6) is 0.377. The number of hydrogen-bond donors (Lipinski definition) is 0. The molecular weight excluding hydrogens is 312 g/mol. The molecule has 2 aromatic rings. The average molecular weight is 326 g/mol. The van der Waals surface area contributed by atoms with Gasteiger partial charge in [0.15, 0.2) is 6.29 Å². The summed E-state index contributed by atoms with van der Waals surface area (Å²) in [6, 6.07) is 8.70. The molecule has 2 heterocycles. The fourth-order valence-corrected chi connectivity index (χ4v) is 2.74. The molecule has 7 nitrogen and oxygen atoms in total. The Labute approximate surface area is 137 Å². The van der Waals surface area contributed by atoms with Crippen molar-refractivity contribution in [2.45, 2.75) is 19.4 Å². The first-order chi connectivity index (χ1) is 11.3. The van der Waals surface area contributed by atoms with Crippen molar-refractivity contribution in [2.75, 3.05) is 0 Å². The van der Waals surface area contributed by atoms with Crippen molar-refractivity contribution in [3.63, 3.8) is 0 Å². The fourth-order valence-electron chi connectivity index (χ4n) is 2.74. The van der Waals surface area contributed by atoms with Gasteiger partial charge in [-0.2, -0.15) is 0 Å². The predicted molar refractivity (Wildman–Crippen MR) is 86.9 cm³/mol. The second-order valence-corrected chi connectivity index (χ2v) is 5.84. The molecule has 7 heteroatoms. The van der Waals surface area contributed by atoms with Crippen LogP contribution in [0, 0.1) is 10.1 Å². The highest BCUT2D eigenvalue weighted by molar-refractivity contribution is 5.93. The summed E-state index contributed by atoms with van der Waals surface area (Å²) >= 11 is 0. The number of non-ortho nitro benzene ring substituents is 1. The summed E-state index contributed by atoms with van der Waals surface area (Å²) in [7, 11) is 0. The van der Waals surface area contributed by atoms with E-state index in [4.69, 9.17) is 4.74 Å². The Hall–Kier alpha value is -3.22. The molecule has 0 fully saturated rings. The van der Waals surface area contributed by atoms with E-state index in [0.717, 1.165) is 0 Å². The summed E-state index contributed by atoms with van der Waals surface area (Å²) in [5, 5.41) is 11.1. The maximum atomic E-state index is 12.3. The predicted octanol–water partition coefficient (Wildman–Crippen LogP) is 2.39. The number of fused-ring (bicyclic) bond motifs is 1. The van der Waals surface area contributed by atoms with E-state index in [2.05, 4.69) is 0 Å². The second-order valence-electron chi connectivity index (χ2n) is 5.84. The van der Waals surface area contributed by atoms with Crippen LogP contribution in [0.4, 0.5) is 5.69 Å². The number of nitro groups is 1. The molecule has 0 saturated carbocycles. The summed E-state index contributed by atoms with van der Waals surface area (Å²) in [6.45, 7) is 3.41. The second kappa shape index (κ2) is 5.45. The molecule has 1 aliphatic rings. The number of hydrogen-bond acceptors (Lipinski definition) is 5. The van der Waals surface area contributed by atoms with Crippen molar-refractivity contribution < 1.29 is 14.5 Å². The van der Waals surface area contributed by atoms with E-state index in [9.17, 15) is 19.7 Å². The van der Waals surface area contributed by atoms with Crippen molar-refractivity contribution in [1.29, 1.82) is 0 Å². The monoisotopic (exact) mass is 326 g/mol. The summed E-state index contributed by atoms with van der Waals surface area (Å²) in [4.78, 5) is 34.5. The van der Waals surface area contributed by atoms with E-state index in [1.165, 1.54) is 35.0 Å². The molecule has 1 aromatic heterocycles. The van der Waals surface area contributed by atoms with Gasteiger partial charge in [0.1, 0.15) is 11.4 Å². The van der Waals surface area contributed by atoms with Crippen LogP contribution in [0.5, 0.6) is 5.75 Å². The minimum absolute atomic E-state index is 0.149. The number of rotatable bonds is 3. The standard InChI is InChI=1S/C17H14N2O5/c1-17(2)13(10-20)16(18-8-4-3-5-15(18)21)12-9-11(19(22)23)6-7-14(12)24-17/h3-10H,1-2H3. The number of ether oxygens (including phenoxy) is 1. The number of carbonyl (C=O) groups is 1. The summed E-state index contributed by atoms with van der Waals surface area (Å²) in [6.07, 6.45) is 2.14. The number of pyridine rings is 1. The van der Waals surface area contributed by atoms with Crippen LogP contribution in [0.15, 0.2) is 53.0 Å². The van der Waals surface area contributed by atoms with Crippen LogP contribution in [-0.4, -0.2) is 21.4 Å². The van der Waals surface area contributed by atoms with Crippen LogP contribution in [0.2, 0.25) is 0 Å². The van der Waals surface area contributed by atoms with Gasteiger partial charge >= 0.3 is 0 Å². The first-order valence-electron chi connectivity index (χ1n) is 7.21. The zero-order valence-electron chi connectivity index (χ0n) is 13.1. The normalized spacial score (nSPS) is 15.4. The Morgan fingerprint density at radius 1 is 1.25 bits per heavy atom. The van der Waals surface area contributed by atoms with Gasteiger partial charge in [-0.3, -0.25) is 24.3 Å². The Bertz CT molecular complexity index is 940. The van der Waals surface area contributed by atoms with Gasteiger partial charge in [-0.05, 0) is 26.0 Å². The molecule has 24 heavy (non-hydrogen) atoms. The minimum atomic E-state index is -0.977. The first kappa shape index (κ1) is 15.7. The third-order valence-corrected chi connectivity index (χ3v) is 3.88. The molecule has 0 saturated heterocycles. The van der Waals surface area contributed by atoms with Crippen molar-refractivity contribution >= 4 is 17.7 Å². The van der Waals surface area contributed by atoms with E-state index >= 15 is 0 Å². The summed E-state index contributed by atoms with van der Waals surface area (Å²) in [5.41, 5.74) is -0.603. The molecule has 3 rings (SSSR count). The largest absolute Gasteiger partial charge is 0.482 e. The molecule has 0 spiro atoms. The highest BCUT2D eigenvalue weighted by Crippen LogP contribution is 2.41. The van der Waals surface area contributed by atoms with E-state index in [1.807, 2.05) is 0 Å². The van der Waals surface area contributed by atoms with Crippen LogP contribution in [0.25, 0.3) is 5.70 Å². The van der Waals surface area contributed by atoms with Crippen molar-refractivity contribution in [2.24, 2.45) is 0 Å². The smallest absolute Gasteiger partial charge is 0.270 e. The van der Waals surface area contributed by atoms with Crippen molar-refractivity contribution in [1.82, 2.24) is 4.57 Å². The number of nitro benzene ring substituents is 1. The minimum Gasteiger partial charge on any atom is -0.482 e. The fraction of sp³-hybridized carbons (Fsp3) is 0.176.